The van der Waals surface area contributed by atoms with E-state index in [1.807, 2.05) is 54.2 Å². The molecule has 0 spiro atoms. The molecule has 27 heteroatoms. The molecule has 5 atom stereocenters. The maximum atomic E-state index is 11.7. The number of fused-ring (bicyclic) bond motifs is 5. The largest absolute Gasteiger partial charge is 0.368 e. The Balaban J connectivity index is 1.17. The second-order valence-electron chi connectivity index (χ2n) is 23.5. The number of aromatic nitrogens is 2. The molecule has 22 nitrogen and oxygen atoms in total. The Morgan fingerprint density at radius 2 is 1.32 bits per heavy atom. The number of benzene rings is 4. The lowest BCUT2D eigenvalue weighted by Crippen LogP contribution is -2.33. The Bertz CT molecular complexity index is 4400. The number of thioether (sulfide) groups is 1. The van der Waals surface area contributed by atoms with Crippen molar-refractivity contribution in [3.63, 3.8) is 0 Å². The fourth-order valence-corrected chi connectivity index (χ4v) is 15.1. The van der Waals surface area contributed by atoms with E-state index in [9.17, 15) is 47.0 Å². The zero-order valence-corrected chi connectivity index (χ0v) is 59.5. The molecule has 8 rings (SSSR count). The van der Waals surface area contributed by atoms with Gasteiger partial charge in [-0.15, -0.1) is 20.5 Å². The number of ether oxygens (including phenoxy) is 1. The highest BCUT2D eigenvalue weighted by atomic mass is 32.2. The van der Waals surface area contributed by atoms with E-state index in [-0.39, 0.29) is 54.2 Å². The van der Waals surface area contributed by atoms with Crippen LogP contribution in [0.2, 0.25) is 0 Å². The molecule has 5 unspecified atom stereocenters. The fourth-order valence-electron chi connectivity index (χ4n) is 11.2. The van der Waals surface area contributed by atoms with Gasteiger partial charge in [-0.25, -0.2) is 4.99 Å². The van der Waals surface area contributed by atoms with Crippen LogP contribution in [-0.4, -0.2) is 85.7 Å². The van der Waals surface area contributed by atoms with Gasteiger partial charge in [0, 0.05) is 42.0 Å². The maximum absolute atomic E-state index is 11.7. The first kappa shape index (κ1) is 74.1. The van der Waals surface area contributed by atoms with Crippen molar-refractivity contribution in [2.75, 3.05) is 54.3 Å². The van der Waals surface area contributed by atoms with Gasteiger partial charge in [-0.05, 0) is 178 Å². The fraction of sp³-hybridized carbons (Fsp3) is 0.386. The quantitative estimate of drug-likeness (QED) is 0.0213. The Morgan fingerprint density at radius 1 is 0.763 bits per heavy atom. The van der Waals surface area contributed by atoms with E-state index in [1.54, 1.807) is 24.3 Å². The van der Waals surface area contributed by atoms with E-state index in [0.717, 1.165) is 99.7 Å². The minimum atomic E-state index is -4.35. The molecule has 4 bridgehead atoms. The topological polar surface area (TPSA) is 340 Å². The van der Waals surface area contributed by atoms with Crippen molar-refractivity contribution in [3.8, 4) is 24.3 Å². The Hall–Kier alpha value is -8.74. The SMILES string of the molecule is CCCC(c1ccc(N=Nc2nc(NCCc3ccc(S(=O)(=O)O)cc3)c(C=C(C#N)C#N)s2)c(N=C2NC3=CCC(C)c4cc(ccc4N=Nc4nc(NCCc5ccc(S(=O)(=O)O)cc5)c(C=C(C#N)C#N)s4)N(CC)COCCSC(CC3CC)C(C)=C2C)c1)C(C)CC. The number of aliphatic imine (C=N–C) groups is 1. The zero-order chi connectivity index (χ0) is 69.8. The molecule has 2 aliphatic heterocycles. The molecule has 0 saturated heterocycles. The lowest BCUT2D eigenvalue weighted by Gasteiger charge is -2.32. The number of rotatable bonds is 24. The summed E-state index contributed by atoms with van der Waals surface area (Å²) < 4.78 is 72.0. The summed E-state index contributed by atoms with van der Waals surface area (Å²) in [6.45, 7) is 19.8. The summed E-state index contributed by atoms with van der Waals surface area (Å²) in [5, 5.41) is 69.2. The first-order valence-corrected chi connectivity index (χ1v) is 37.6. The van der Waals surface area contributed by atoms with E-state index in [0.29, 0.717) is 102 Å². The number of allylic oxidation sites excluding steroid dienone is 4. The third-order valence-electron chi connectivity index (χ3n) is 17.1. The number of hydrogen-bond donors (Lipinski definition) is 5. The van der Waals surface area contributed by atoms with Gasteiger partial charge in [0.25, 0.3) is 20.2 Å². The van der Waals surface area contributed by atoms with E-state index >= 15 is 0 Å². The van der Waals surface area contributed by atoms with Gasteiger partial charge in [0.15, 0.2) is 0 Å². The van der Waals surface area contributed by atoms with Crippen LogP contribution in [0.1, 0.15) is 138 Å². The summed E-state index contributed by atoms with van der Waals surface area (Å²) in [6, 6.07) is 31.8. The lowest BCUT2D eigenvalue weighted by molar-refractivity contribution is 0.150. The molecule has 6 aromatic rings. The summed E-state index contributed by atoms with van der Waals surface area (Å²) in [5.41, 5.74) is 9.34. The highest BCUT2D eigenvalue weighted by Gasteiger charge is 2.29. The van der Waals surface area contributed by atoms with Crippen molar-refractivity contribution in [1.29, 1.82) is 21.0 Å². The number of nitrogens with one attached hydrogen (secondary N) is 3. The summed E-state index contributed by atoms with van der Waals surface area (Å²) in [5.74, 6) is 2.82. The molecule has 0 radical (unpaired) electrons. The minimum Gasteiger partial charge on any atom is -0.368 e. The van der Waals surface area contributed by atoms with Gasteiger partial charge >= 0.3 is 0 Å². The third-order valence-corrected chi connectivity index (χ3v) is 22.0. The number of hydrogen-bond acceptors (Lipinski definition) is 22. The van der Waals surface area contributed by atoms with Crippen molar-refractivity contribution >= 4 is 117 Å². The second kappa shape index (κ2) is 35.0. The van der Waals surface area contributed by atoms with Gasteiger partial charge in [-0.2, -0.15) is 59.6 Å². The summed E-state index contributed by atoms with van der Waals surface area (Å²) >= 11 is 4.21. The van der Waals surface area contributed by atoms with E-state index in [2.05, 4.69) is 106 Å². The number of azo groups is 2. The molecule has 2 aliphatic rings. The molecule has 5 N–H and O–H groups in total. The van der Waals surface area contributed by atoms with Crippen LogP contribution in [0.4, 0.5) is 44.6 Å². The average Bonchev–Trinajstić information content (AvgIpc) is 1.88. The van der Waals surface area contributed by atoms with Crippen molar-refractivity contribution in [1.82, 2.24) is 15.3 Å². The molecule has 506 valence electrons. The van der Waals surface area contributed by atoms with Crippen LogP contribution >= 0.6 is 34.4 Å². The number of anilines is 3. The Morgan fingerprint density at radius 3 is 1.84 bits per heavy atom. The van der Waals surface area contributed by atoms with Crippen molar-refractivity contribution in [2.45, 2.75) is 134 Å². The van der Waals surface area contributed by atoms with E-state index in [1.165, 1.54) is 42.0 Å². The van der Waals surface area contributed by atoms with Crippen LogP contribution in [0.15, 0.2) is 154 Å². The van der Waals surface area contributed by atoms with Crippen LogP contribution in [-0.2, 0) is 37.8 Å². The predicted octanol–water partition coefficient (Wildman–Crippen LogP) is 17.4. The van der Waals surface area contributed by atoms with Crippen LogP contribution in [0.3, 0.4) is 0 Å². The number of nitrogens with zero attached hydrogens (tertiary/aromatic N) is 12. The molecule has 0 amide bonds. The van der Waals surface area contributed by atoms with Gasteiger partial charge in [0.2, 0.25) is 10.3 Å². The van der Waals surface area contributed by atoms with Crippen LogP contribution in [0, 0.1) is 57.2 Å². The smallest absolute Gasteiger partial charge is 0.294 e. The molecule has 0 saturated carbocycles. The molecule has 4 aromatic carbocycles. The summed E-state index contributed by atoms with van der Waals surface area (Å²) in [6.07, 6.45) is 11.4. The molecular weight excluding hydrogens is 1320 g/mol. The highest BCUT2D eigenvalue weighted by molar-refractivity contribution is 8.00. The maximum Gasteiger partial charge on any atom is 0.294 e. The highest BCUT2D eigenvalue weighted by Crippen LogP contribution is 2.43. The average molecular weight is 1400 g/mol. The lowest BCUT2D eigenvalue weighted by atomic mass is 9.82. The molecule has 2 aromatic heterocycles. The summed E-state index contributed by atoms with van der Waals surface area (Å²) in [4.78, 5) is 17.9. The first-order chi connectivity index (χ1) is 46.6. The normalized spacial score (nSPS) is 17.4. The number of amidine groups is 1. The molecule has 4 heterocycles. The van der Waals surface area contributed by atoms with Crippen molar-refractivity contribution in [2.24, 2.45) is 37.3 Å². The van der Waals surface area contributed by atoms with E-state index < -0.39 is 20.2 Å². The molecular formula is C70H79N15O7S5. The second-order valence-corrected chi connectivity index (χ2v) is 29.7. The van der Waals surface area contributed by atoms with Gasteiger partial charge in [-0.3, -0.25) is 9.11 Å². The molecule has 97 heavy (non-hydrogen) atoms. The molecule has 0 fully saturated rings. The van der Waals surface area contributed by atoms with Crippen LogP contribution < -0.4 is 20.9 Å². The molecule has 0 aliphatic carbocycles. The van der Waals surface area contributed by atoms with Gasteiger partial charge in [0.05, 0.1) is 37.5 Å². The van der Waals surface area contributed by atoms with Gasteiger partial charge in [0.1, 0.15) is 65.3 Å². The van der Waals surface area contributed by atoms with Crippen molar-refractivity contribution in [3.05, 3.63) is 151 Å². The van der Waals surface area contributed by atoms with Crippen molar-refractivity contribution < 1.29 is 30.7 Å². The zero-order valence-electron chi connectivity index (χ0n) is 55.4. The number of thiazole rings is 2. The van der Waals surface area contributed by atoms with Gasteiger partial charge < -0.3 is 25.6 Å². The minimum absolute atomic E-state index is 0.103. The van der Waals surface area contributed by atoms with Gasteiger partial charge in [-0.1, -0.05) is 112 Å². The number of nitriles is 4. The third kappa shape index (κ3) is 20.2. The Labute approximate surface area is 581 Å². The van der Waals surface area contributed by atoms with E-state index in [4.69, 9.17) is 35.0 Å². The van der Waals surface area contributed by atoms with Crippen LogP contribution in [0.5, 0.6) is 0 Å². The Kier molecular flexibility index (Phi) is 26.7. The first-order valence-electron chi connectivity index (χ1n) is 32.1. The predicted molar refractivity (Wildman–Crippen MR) is 386 cm³/mol. The summed E-state index contributed by atoms with van der Waals surface area (Å²) in [7, 11) is -8.70. The van der Waals surface area contributed by atoms with Crippen LogP contribution in [0.25, 0.3) is 12.2 Å². The monoisotopic (exact) mass is 1400 g/mol. The standard InChI is InChI=1S/C70H79N15O7S5/c1-9-13-57(44(5)10-2)53-19-26-61(82-84-70-80-68(65(95-70)35-51(41-73)42-74)76-31-29-49-17-23-56(24-18-49)97(89,90)91)62(36-53)78-66-47(8)46(7)63-37-52(11-3)59(77-66)25-14-45(6)58-38-54(85(12-4)43-92-32-33-93-63)20-27-60(58)81-83-69-79-67(64(94-69)34-50(39-71)40-72)75-30-28-48-15-21-55(22-16-48)96(86,87)88/h15-27,34-36,38,44-45,52,57,63,75-76H,9-14,28-33,37,43H2,1-8H3,(H,77,78)(H,86,87,88)(H,89,90,91).